The summed E-state index contributed by atoms with van der Waals surface area (Å²) in [6, 6.07) is 5.74. The summed E-state index contributed by atoms with van der Waals surface area (Å²) in [4.78, 5) is 18.9. The maximum Gasteiger partial charge on any atom is 0.250 e. The zero-order valence-corrected chi connectivity index (χ0v) is 18.5. The smallest absolute Gasteiger partial charge is 0.250 e. The molecule has 2 saturated heterocycles. The van der Waals surface area contributed by atoms with Gasteiger partial charge >= 0.3 is 0 Å². The van der Waals surface area contributed by atoms with Crippen molar-refractivity contribution in [3.8, 4) is 11.5 Å². The Morgan fingerprint density at radius 2 is 1.34 bits per heavy atom. The van der Waals surface area contributed by atoms with Gasteiger partial charge in [0.15, 0.2) is 11.5 Å². The zero-order chi connectivity index (χ0) is 21.6. The predicted octanol–water partition coefficient (Wildman–Crippen LogP) is 3.81. The molecular weight excluding hydrogens is 406 g/mol. The van der Waals surface area contributed by atoms with Gasteiger partial charge in [0, 0.05) is 26.2 Å². The molecule has 0 bridgehead atoms. The van der Waals surface area contributed by atoms with Crippen LogP contribution in [0.4, 0.5) is 17.8 Å². The first kappa shape index (κ1) is 20.8. The van der Waals surface area contributed by atoms with Crippen LogP contribution < -0.4 is 24.7 Å². The van der Waals surface area contributed by atoms with Gasteiger partial charge in [-0.15, -0.1) is 0 Å². The number of fused-ring (bicyclic) bond motifs is 1. The van der Waals surface area contributed by atoms with Crippen molar-refractivity contribution in [2.24, 2.45) is 5.10 Å². The van der Waals surface area contributed by atoms with Crippen LogP contribution in [0.15, 0.2) is 23.3 Å². The highest BCUT2D eigenvalue weighted by Crippen LogP contribution is 2.32. The lowest BCUT2D eigenvalue weighted by atomic mass is 10.2. The van der Waals surface area contributed by atoms with Crippen LogP contribution in [0, 0.1) is 0 Å². The normalized spacial score (nSPS) is 19.1. The molecule has 0 saturated carbocycles. The lowest BCUT2D eigenvalue weighted by molar-refractivity contribution is 0.174. The number of anilines is 3. The molecule has 1 aromatic heterocycles. The minimum atomic E-state index is 0.261. The summed E-state index contributed by atoms with van der Waals surface area (Å²) in [6.07, 6.45) is 11.5. The SMILES string of the molecule is C(=N\Nc1nc(N2CCCCCC2)nc(N2CCCCCC2)n1)/c1ccc2c(c1)OCO2. The fourth-order valence-corrected chi connectivity index (χ4v) is 4.39. The Morgan fingerprint density at radius 1 is 0.750 bits per heavy atom. The first-order chi connectivity index (χ1) is 15.8. The molecule has 0 spiro atoms. The number of hydrogen-bond donors (Lipinski definition) is 1. The van der Waals surface area contributed by atoms with Crippen LogP contribution in [0.25, 0.3) is 0 Å². The van der Waals surface area contributed by atoms with E-state index in [1.54, 1.807) is 6.21 Å². The standard InChI is InChI=1S/C23H31N7O2/c1-2-6-12-29(11-5-1)22-25-21(26-23(27-22)30-13-7-3-4-8-14-30)28-24-16-18-9-10-19-20(15-18)32-17-31-19/h9-10,15-16H,1-8,11-14,17H2,(H,25,26,27,28)/b24-16+. The average molecular weight is 438 g/mol. The van der Waals surface area contributed by atoms with Gasteiger partial charge in [0.1, 0.15) is 0 Å². The molecule has 9 nitrogen and oxygen atoms in total. The molecular formula is C23H31N7O2. The maximum atomic E-state index is 5.44. The molecule has 0 aliphatic carbocycles. The first-order valence-corrected chi connectivity index (χ1v) is 11.8. The molecule has 3 aliphatic rings. The Balaban J connectivity index is 1.37. The van der Waals surface area contributed by atoms with Crippen LogP contribution >= 0.6 is 0 Å². The van der Waals surface area contributed by atoms with Crippen molar-refractivity contribution < 1.29 is 9.47 Å². The van der Waals surface area contributed by atoms with Crippen LogP contribution in [0.1, 0.15) is 56.9 Å². The highest BCUT2D eigenvalue weighted by atomic mass is 16.7. The van der Waals surface area contributed by atoms with Gasteiger partial charge in [0.05, 0.1) is 6.21 Å². The Morgan fingerprint density at radius 3 is 1.97 bits per heavy atom. The van der Waals surface area contributed by atoms with Gasteiger partial charge in [-0.1, -0.05) is 25.7 Å². The van der Waals surface area contributed by atoms with Gasteiger partial charge in [0.2, 0.25) is 24.6 Å². The fourth-order valence-electron chi connectivity index (χ4n) is 4.39. The van der Waals surface area contributed by atoms with Crippen molar-refractivity contribution in [1.82, 2.24) is 15.0 Å². The zero-order valence-electron chi connectivity index (χ0n) is 18.5. The molecule has 5 rings (SSSR count). The van der Waals surface area contributed by atoms with Gasteiger partial charge in [0.25, 0.3) is 0 Å². The number of aromatic nitrogens is 3. The number of nitrogens with zero attached hydrogens (tertiary/aromatic N) is 6. The Labute approximate surface area is 188 Å². The van der Waals surface area contributed by atoms with Crippen molar-refractivity contribution >= 4 is 24.1 Å². The van der Waals surface area contributed by atoms with E-state index < -0.39 is 0 Å². The van der Waals surface area contributed by atoms with E-state index in [2.05, 4.69) is 20.3 Å². The highest BCUT2D eigenvalue weighted by molar-refractivity contribution is 5.81. The van der Waals surface area contributed by atoms with E-state index in [9.17, 15) is 0 Å². The topological polar surface area (TPSA) is 88.0 Å². The number of hydrazone groups is 1. The van der Waals surface area contributed by atoms with Gasteiger partial charge in [-0.3, -0.25) is 0 Å². The van der Waals surface area contributed by atoms with Crippen molar-refractivity contribution in [3.63, 3.8) is 0 Å². The van der Waals surface area contributed by atoms with Gasteiger partial charge in [-0.25, -0.2) is 5.43 Å². The first-order valence-electron chi connectivity index (χ1n) is 11.8. The molecule has 2 fully saturated rings. The van der Waals surface area contributed by atoms with Crippen LogP contribution in [0.2, 0.25) is 0 Å². The lowest BCUT2D eigenvalue weighted by Crippen LogP contribution is -2.30. The Kier molecular flexibility index (Phi) is 6.50. The van der Waals surface area contributed by atoms with Gasteiger partial charge in [-0.05, 0) is 49.4 Å². The molecule has 3 aliphatic heterocycles. The Bertz CT molecular complexity index is 898. The maximum absolute atomic E-state index is 5.44. The van der Waals surface area contributed by atoms with E-state index in [1.165, 1.54) is 51.4 Å². The highest BCUT2D eigenvalue weighted by Gasteiger charge is 2.19. The van der Waals surface area contributed by atoms with E-state index in [4.69, 9.17) is 24.4 Å². The monoisotopic (exact) mass is 437 g/mol. The van der Waals surface area contributed by atoms with E-state index in [1.807, 2.05) is 18.2 Å². The quantitative estimate of drug-likeness (QED) is 0.558. The van der Waals surface area contributed by atoms with Gasteiger partial charge in [-0.2, -0.15) is 20.1 Å². The number of rotatable bonds is 5. The molecule has 9 heteroatoms. The van der Waals surface area contributed by atoms with Crippen molar-refractivity contribution in [1.29, 1.82) is 0 Å². The third-order valence-electron chi connectivity index (χ3n) is 6.16. The second kappa shape index (κ2) is 10.0. The third kappa shape index (κ3) is 5.03. The molecule has 1 N–H and O–H groups in total. The molecule has 2 aromatic rings. The fraction of sp³-hybridized carbons (Fsp3) is 0.565. The average Bonchev–Trinajstić information content (AvgIpc) is 3.01. The third-order valence-corrected chi connectivity index (χ3v) is 6.16. The second-order valence-electron chi connectivity index (χ2n) is 8.54. The minimum absolute atomic E-state index is 0.261. The van der Waals surface area contributed by atoms with E-state index in [0.29, 0.717) is 5.95 Å². The van der Waals surface area contributed by atoms with Crippen LogP contribution in [0.3, 0.4) is 0 Å². The van der Waals surface area contributed by atoms with Crippen molar-refractivity contribution in [3.05, 3.63) is 23.8 Å². The van der Waals surface area contributed by atoms with Crippen molar-refractivity contribution in [2.75, 3.05) is 48.2 Å². The Hall–Kier alpha value is -3.10. The van der Waals surface area contributed by atoms with Crippen molar-refractivity contribution in [2.45, 2.75) is 51.4 Å². The largest absolute Gasteiger partial charge is 0.454 e. The summed E-state index contributed by atoms with van der Waals surface area (Å²) < 4.78 is 10.8. The summed E-state index contributed by atoms with van der Waals surface area (Å²) in [7, 11) is 0. The number of nitrogens with one attached hydrogen (secondary N) is 1. The van der Waals surface area contributed by atoms with E-state index in [-0.39, 0.29) is 6.79 Å². The predicted molar refractivity (Wildman–Crippen MR) is 125 cm³/mol. The molecule has 0 unspecified atom stereocenters. The van der Waals surface area contributed by atoms with E-state index >= 15 is 0 Å². The summed E-state index contributed by atoms with van der Waals surface area (Å²) in [5, 5.41) is 4.39. The lowest BCUT2D eigenvalue weighted by Gasteiger charge is -2.24. The van der Waals surface area contributed by atoms with E-state index in [0.717, 1.165) is 55.1 Å². The van der Waals surface area contributed by atoms with Crippen LogP contribution in [-0.2, 0) is 0 Å². The molecule has 0 atom stereocenters. The number of ether oxygens (including phenoxy) is 2. The molecule has 0 radical (unpaired) electrons. The summed E-state index contributed by atoms with van der Waals surface area (Å²) >= 11 is 0. The van der Waals surface area contributed by atoms with Crippen LogP contribution in [0.5, 0.6) is 11.5 Å². The molecule has 1 aromatic carbocycles. The summed E-state index contributed by atoms with van der Waals surface area (Å²) in [6.45, 7) is 4.22. The number of benzene rings is 1. The molecule has 32 heavy (non-hydrogen) atoms. The summed E-state index contributed by atoms with van der Waals surface area (Å²) in [5.41, 5.74) is 3.95. The second-order valence-corrected chi connectivity index (χ2v) is 8.54. The summed E-state index contributed by atoms with van der Waals surface area (Å²) in [5.74, 6) is 3.48. The van der Waals surface area contributed by atoms with Gasteiger partial charge < -0.3 is 19.3 Å². The number of hydrogen-bond acceptors (Lipinski definition) is 9. The molecule has 0 amide bonds. The molecule has 170 valence electrons. The van der Waals surface area contributed by atoms with Crippen LogP contribution in [-0.4, -0.2) is 54.1 Å². The minimum Gasteiger partial charge on any atom is -0.454 e. The molecule has 4 heterocycles.